The van der Waals surface area contributed by atoms with Crippen molar-refractivity contribution in [3.05, 3.63) is 29.6 Å². The number of amides is 3. The molecule has 0 spiro atoms. The molecular formula is C19H26FN3O4. The summed E-state index contributed by atoms with van der Waals surface area (Å²) in [6, 6.07) is 4.25. The Morgan fingerprint density at radius 1 is 1.22 bits per heavy atom. The first-order valence-corrected chi connectivity index (χ1v) is 9.03. The monoisotopic (exact) mass is 379 g/mol. The van der Waals surface area contributed by atoms with E-state index in [2.05, 4.69) is 0 Å². The molecule has 7 nitrogen and oxygen atoms in total. The van der Waals surface area contributed by atoms with Crippen LogP contribution in [0.15, 0.2) is 18.2 Å². The van der Waals surface area contributed by atoms with Crippen molar-refractivity contribution in [1.82, 2.24) is 14.7 Å². The number of halogens is 1. The van der Waals surface area contributed by atoms with Crippen LogP contribution >= 0.6 is 0 Å². The molecule has 2 heterocycles. The molecule has 2 aliphatic heterocycles. The minimum atomic E-state index is -0.553. The number of hydrogen-bond donors (Lipinski definition) is 0. The molecule has 1 aromatic carbocycles. The minimum Gasteiger partial charge on any atom is -0.497 e. The Balaban J connectivity index is 1.65. The highest BCUT2D eigenvalue weighted by atomic mass is 19.1. The third-order valence-electron chi connectivity index (χ3n) is 4.62. The van der Waals surface area contributed by atoms with Gasteiger partial charge in [0.25, 0.3) is 0 Å². The van der Waals surface area contributed by atoms with Crippen molar-refractivity contribution in [3.63, 3.8) is 0 Å². The molecule has 2 saturated heterocycles. The van der Waals surface area contributed by atoms with Gasteiger partial charge in [-0.3, -0.25) is 0 Å². The van der Waals surface area contributed by atoms with E-state index in [4.69, 9.17) is 9.47 Å². The van der Waals surface area contributed by atoms with Crippen molar-refractivity contribution >= 4 is 12.1 Å². The Bertz CT molecular complexity index is 734. The third kappa shape index (κ3) is 4.43. The van der Waals surface area contributed by atoms with Crippen LogP contribution in [0.2, 0.25) is 0 Å². The van der Waals surface area contributed by atoms with Crippen LogP contribution < -0.4 is 4.74 Å². The van der Waals surface area contributed by atoms with E-state index in [1.165, 1.54) is 19.2 Å². The predicted octanol–water partition coefficient (Wildman–Crippen LogP) is 2.69. The first-order chi connectivity index (χ1) is 12.7. The normalized spacial score (nSPS) is 20.0. The Morgan fingerprint density at radius 2 is 1.96 bits per heavy atom. The van der Waals surface area contributed by atoms with E-state index in [9.17, 15) is 14.0 Å². The molecule has 1 atom stereocenters. The van der Waals surface area contributed by atoms with Gasteiger partial charge >= 0.3 is 12.1 Å². The van der Waals surface area contributed by atoms with Gasteiger partial charge in [-0.05, 0) is 38.5 Å². The van der Waals surface area contributed by atoms with Gasteiger partial charge in [0.15, 0.2) is 0 Å². The highest BCUT2D eigenvalue weighted by molar-refractivity contribution is 5.78. The van der Waals surface area contributed by atoms with Gasteiger partial charge in [0.05, 0.1) is 13.2 Å². The van der Waals surface area contributed by atoms with Crippen LogP contribution in [0.3, 0.4) is 0 Å². The number of methoxy groups -OCH3 is 1. The summed E-state index contributed by atoms with van der Waals surface area (Å²) in [6.45, 7) is 7.61. The second-order valence-corrected chi connectivity index (χ2v) is 7.94. The van der Waals surface area contributed by atoms with Gasteiger partial charge in [0, 0.05) is 38.8 Å². The van der Waals surface area contributed by atoms with Crippen molar-refractivity contribution in [2.75, 3.05) is 33.3 Å². The number of urea groups is 1. The van der Waals surface area contributed by atoms with Crippen LogP contribution in [-0.4, -0.2) is 71.8 Å². The van der Waals surface area contributed by atoms with Gasteiger partial charge in [-0.1, -0.05) is 0 Å². The van der Waals surface area contributed by atoms with Crippen LogP contribution in [0.25, 0.3) is 0 Å². The molecule has 1 unspecified atom stereocenters. The number of nitrogens with zero attached hydrogens (tertiary/aromatic N) is 3. The Hall–Kier alpha value is -2.51. The molecule has 0 aromatic heterocycles. The highest BCUT2D eigenvalue weighted by Gasteiger charge is 2.42. The number of rotatable bonds is 3. The molecule has 0 saturated carbocycles. The van der Waals surface area contributed by atoms with E-state index in [-0.39, 0.29) is 18.2 Å². The molecule has 1 aromatic rings. The van der Waals surface area contributed by atoms with Gasteiger partial charge < -0.3 is 24.2 Å². The fourth-order valence-corrected chi connectivity index (χ4v) is 3.45. The number of carbonyl (C=O) groups excluding carboxylic acids is 2. The lowest BCUT2D eigenvalue weighted by molar-refractivity contribution is 0.0127. The van der Waals surface area contributed by atoms with E-state index in [1.807, 2.05) is 20.8 Å². The summed E-state index contributed by atoms with van der Waals surface area (Å²) in [4.78, 5) is 30.1. The first-order valence-electron chi connectivity index (χ1n) is 9.03. The molecule has 0 radical (unpaired) electrons. The standard InChI is InChI=1S/C19H26FN3O4/c1-19(2,3)27-18(25)21-5-6-23-15(11-21)12-22(17(23)24)10-13-7-14(20)9-16(8-13)26-4/h7-9,15H,5-6,10-12H2,1-4H3. The molecule has 0 bridgehead atoms. The predicted molar refractivity (Wildman–Crippen MR) is 97.1 cm³/mol. The zero-order chi connectivity index (χ0) is 19.8. The Labute approximate surface area is 158 Å². The van der Waals surface area contributed by atoms with E-state index in [1.54, 1.807) is 20.8 Å². The molecule has 0 N–H and O–H groups in total. The van der Waals surface area contributed by atoms with Gasteiger partial charge in [-0.2, -0.15) is 0 Å². The lowest BCUT2D eigenvalue weighted by atomic mass is 10.1. The number of carbonyl (C=O) groups is 2. The van der Waals surface area contributed by atoms with E-state index < -0.39 is 11.4 Å². The van der Waals surface area contributed by atoms with Gasteiger partial charge in [-0.25, -0.2) is 14.0 Å². The topological polar surface area (TPSA) is 62.3 Å². The zero-order valence-corrected chi connectivity index (χ0v) is 16.2. The molecule has 3 rings (SSSR count). The quantitative estimate of drug-likeness (QED) is 0.810. The summed E-state index contributed by atoms with van der Waals surface area (Å²) < 4.78 is 24.2. The maximum atomic E-state index is 13.7. The third-order valence-corrected chi connectivity index (χ3v) is 4.62. The molecule has 148 valence electrons. The summed E-state index contributed by atoms with van der Waals surface area (Å²) >= 11 is 0. The van der Waals surface area contributed by atoms with Crippen molar-refractivity contribution < 1.29 is 23.5 Å². The smallest absolute Gasteiger partial charge is 0.410 e. The van der Waals surface area contributed by atoms with Crippen LogP contribution in [0, 0.1) is 5.82 Å². The van der Waals surface area contributed by atoms with Gasteiger partial charge in [0.2, 0.25) is 0 Å². The molecule has 2 fully saturated rings. The number of piperazine rings is 1. The van der Waals surface area contributed by atoms with E-state index in [0.717, 1.165) is 0 Å². The van der Waals surface area contributed by atoms with Crippen LogP contribution in [0.5, 0.6) is 5.75 Å². The highest BCUT2D eigenvalue weighted by Crippen LogP contribution is 2.25. The zero-order valence-electron chi connectivity index (χ0n) is 16.2. The lowest BCUT2D eigenvalue weighted by Gasteiger charge is -2.37. The number of hydrogen-bond acceptors (Lipinski definition) is 4. The summed E-state index contributed by atoms with van der Waals surface area (Å²) in [7, 11) is 1.48. The lowest BCUT2D eigenvalue weighted by Crippen LogP contribution is -2.54. The Morgan fingerprint density at radius 3 is 2.63 bits per heavy atom. The second kappa shape index (κ2) is 7.25. The molecule has 27 heavy (non-hydrogen) atoms. The molecule has 2 aliphatic rings. The average Bonchev–Trinajstić information content (AvgIpc) is 2.88. The maximum Gasteiger partial charge on any atom is 0.410 e. The van der Waals surface area contributed by atoms with Crippen molar-refractivity contribution in [2.24, 2.45) is 0 Å². The number of fused-ring (bicyclic) bond motifs is 1. The van der Waals surface area contributed by atoms with Crippen molar-refractivity contribution in [2.45, 2.75) is 39.0 Å². The summed E-state index contributed by atoms with van der Waals surface area (Å²) in [5.74, 6) is 0.0234. The molecule has 3 amide bonds. The largest absolute Gasteiger partial charge is 0.497 e. The van der Waals surface area contributed by atoms with E-state index in [0.29, 0.717) is 44.0 Å². The van der Waals surface area contributed by atoms with Crippen LogP contribution in [0.4, 0.5) is 14.0 Å². The van der Waals surface area contributed by atoms with Gasteiger partial charge in [0.1, 0.15) is 17.2 Å². The van der Waals surface area contributed by atoms with E-state index >= 15 is 0 Å². The number of benzene rings is 1. The first kappa shape index (κ1) is 19.3. The maximum absolute atomic E-state index is 13.7. The van der Waals surface area contributed by atoms with Crippen LogP contribution in [-0.2, 0) is 11.3 Å². The second-order valence-electron chi connectivity index (χ2n) is 7.94. The SMILES string of the molecule is COc1cc(F)cc(CN2CC3CN(C(=O)OC(C)(C)C)CCN3C2=O)c1. The average molecular weight is 379 g/mol. The molecular weight excluding hydrogens is 353 g/mol. The fourth-order valence-electron chi connectivity index (χ4n) is 3.45. The molecule has 8 heteroatoms. The fraction of sp³-hybridized carbons (Fsp3) is 0.579. The Kier molecular flexibility index (Phi) is 5.17. The summed E-state index contributed by atoms with van der Waals surface area (Å²) in [5, 5.41) is 0. The van der Waals surface area contributed by atoms with Crippen LogP contribution in [0.1, 0.15) is 26.3 Å². The number of ether oxygens (including phenoxy) is 2. The van der Waals surface area contributed by atoms with Crippen molar-refractivity contribution in [3.8, 4) is 5.75 Å². The minimum absolute atomic E-state index is 0.0887. The summed E-state index contributed by atoms with van der Waals surface area (Å²) in [5.41, 5.74) is 0.117. The van der Waals surface area contributed by atoms with Crippen molar-refractivity contribution in [1.29, 1.82) is 0 Å². The van der Waals surface area contributed by atoms with Gasteiger partial charge in [-0.15, -0.1) is 0 Å². The summed E-state index contributed by atoms with van der Waals surface area (Å²) in [6.07, 6.45) is -0.358. The molecule has 0 aliphatic carbocycles.